The monoisotopic (exact) mass is 461 g/mol. The number of imide groups is 1. The van der Waals surface area contributed by atoms with Crippen molar-refractivity contribution in [2.24, 2.45) is 0 Å². The molecule has 0 aliphatic carbocycles. The van der Waals surface area contributed by atoms with Crippen LogP contribution in [0.5, 0.6) is 11.5 Å². The first-order chi connectivity index (χ1) is 13.5. The molecule has 7 heteroatoms. The molecule has 0 unspecified atom stereocenters. The number of hydrogen-bond donors (Lipinski definition) is 0. The Labute approximate surface area is 176 Å². The lowest BCUT2D eigenvalue weighted by molar-refractivity contribution is -0.122. The average molecular weight is 462 g/mol. The highest BCUT2D eigenvalue weighted by molar-refractivity contribution is 9.10. The molecule has 2 amide bonds. The van der Waals surface area contributed by atoms with Crippen LogP contribution >= 0.6 is 27.7 Å². The normalized spacial score (nSPS) is 15.4. The van der Waals surface area contributed by atoms with Gasteiger partial charge in [0.05, 0.1) is 23.1 Å². The van der Waals surface area contributed by atoms with Crippen LogP contribution in [0.25, 0.3) is 6.08 Å². The molecule has 1 saturated heterocycles. The van der Waals surface area contributed by atoms with Gasteiger partial charge in [-0.1, -0.05) is 30.3 Å². The number of hydrogen-bond acceptors (Lipinski definition) is 5. The van der Waals surface area contributed by atoms with Crippen LogP contribution in [0.15, 0.2) is 51.8 Å². The minimum atomic E-state index is -0.268. The van der Waals surface area contributed by atoms with Crippen molar-refractivity contribution in [3.8, 4) is 11.5 Å². The van der Waals surface area contributed by atoms with Gasteiger partial charge in [0.25, 0.3) is 11.1 Å². The second-order valence-electron chi connectivity index (χ2n) is 6.04. The number of thioether (sulfide) groups is 1. The molecule has 1 fully saturated rings. The Bertz CT molecular complexity index is 914. The fourth-order valence-corrected chi connectivity index (χ4v) is 4.35. The summed E-state index contributed by atoms with van der Waals surface area (Å²) in [5, 5.41) is -0.246. The van der Waals surface area contributed by atoms with Gasteiger partial charge in [-0.25, -0.2) is 0 Å². The van der Waals surface area contributed by atoms with Crippen LogP contribution in [-0.2, 0) is 11.2 Å². The lowest BCUT2D eigenvalue weighted by atomic mass is 10.1. The predicted molar refractivity (Wildman–Crippen MR) is 115 cm³/mol. The van der Waals surface area contributed by atoms with Gasteiger partial charge in [-0.05, 0) is 70.4 Å². The number of halogens is 1. The number of methoxy groups -OCH3 is 1. The molecule has 1 heterocycles. The molecule has 0 radical (unpaired) electrons. The second kappa shape index (κ2) is 9.30. The van der Waals surface area contributed by atoms with Crippen molar-refractivity contribution in [3.05, 3.63) is 63.0 Å². The highest BCUT2D eigenvalue weighted by atomic mass is 79.9. The zero-order valence-corrected chi connectivity index (χ0v) is 18.0. The van der Waals surface area contributed by atoms with E-state index in [4.69, 9.17) is 9.47 Å². The van der Waals surface area contributed by atoms with Gasteiger partial charge in [0.1, 0.15) is 0 Å². The Balaban J connectivity index is 1.79. The quantitative estimate of drug-likeness (QED) is 0.534. The molecule has 0 spiro atoms. The SMILES string of the molecule is CCOc1cc(/C=C2\SC(=O)N(CCc3ccccc3)C2=O)cc(Br)c1OC. The molecule has 0 saturated carbocycles. The molecule has 0 aromatic heterocycles. The first-order valence-corrected chi connectivity index (χ1v) is 10.4. The number of amides is 2. The molecule has 2 aromatic rings. The number of carbonyl (C=O) groups is 2. The van der Waals surface area contributed by atoms with Crippen molar-refractivity contribution in [2.45, 2.75) is 13.3 Å². The van der Waals surface area contributed by atoms with E-state index in [0.717, 1.165) is 27.4 Å². The summed E-state index contributed by atoms with van der Waals surface area (Å²) < 4.78 is 11.7. The maximum atomic E-state index is 12.7. The zero-order chi connectivity index (χ0) is 20.1. The largest absolute Gasteiger partial charge is 0.492 e. The Morgan fingerprint density at radius 2 is 1.93 bits per heavy atom. The topological polar surface area (TPSA) is 55.8 Å². The van der Waals surface area contributed by atoms with Crippen molar-refractivity contribution >= 4 is 44.9 Å². The van der Waals surface area contributed by atoms with E-state index in [1.165, 1.54) is 4.90 Å². The van der Waals surface area contributed by atoms with Gasteiger partial charge in [-0.2, -0.15) is 0 Å². The van der Waals surface area contributed by atoms with E-state index in [1.807, 2.05) is 43.3 Å². The third kappa shape index (κ3) is 4.59. The van der Waals surface area contributed by atoms with Crippen molar-refractivity contribution < 1.29 is 19.1 Å². The third-order valence-electron chi connectivity index (χ3n) is 4.17. The van der Waals surface area contributed by atoms with Crippen LogP contribution in [0.3, 0.4) is 0 Å². The third-order valence-corrected chi connectivity index (χ3v) is 5.67. The molecular weight excluding hydrogens is 442 g/mol. The fraction of sp³-hybridized carbons (Fsp3) is 0.238. The molecule has 146 valence electrons. The highest BCUT2D eigenvalue weighted by Crippen LogP contribution is 2.39. The average Bonchev–Trinajstić information content (AvgIpc) is 2.94. The van der Waals surface area contributed by atoms with E-state index in [1.54, 1.807) is 19.3 Å². The summed E-state index contributed by atoms with van der Waals surface area (Å²) in [6, 6.07) is 13.4. The van der Waals surface area contributed by atoms with Gasteiger partial charge in [0, 0.05) is 6.54 Å². The standard InChI is InChI=1S/C21H20BrNO4S/c1-3-27-17-12-15(11-16(22)19(17)26-2)13-18-20(24)23(21(25)28-18)10-9-14-7-5-4-6-8-14/h4-8,11-13H,3,9-10H2,1-2H3/b18-13-. The van der Waals surface area contributed by atoms with Gasteiger partial charge < -0.3 is 9.47 Å². The predicted octanol–water partition coefficient (Wildman–Crippen LogP) is 5.14. The minimum absolute atomic E-state index is 0.246. The molecule has 1 aliphatic heterocycles. The van der Waals surface area contributed by atoms with Gasteiger partial charge >= 0.3 is 0 Å². The molecule has 5 nitrogen and oxygen atoms in total. The van der Waals surface area contributed by atoms with Crippen molar-refractivity contribution in [2.75, 3.05) is 20.3 Å². The summed E-state index contributed by atoms with van der Waals surface area (Å²) in [7, 11) is 1.57. The second-order valence-corrected chi connectivity index (χ2v) is 7.88. The van der Waals surface area contributed by atoms with Crippen LogP contribution < -0.4 is 9.47 Å². The molecular formula is C21H20BrNO4S. The summed E-state index contributed by atoms with van der Waals surface area (Å²) in [5.41, 5.74) is 1.84. The van der Waals surface area contributed by atoms with Crippen molar-refractivity contribution in [1.29, 1.82) is 0 Å². The van der Waals surface area contributed by atoms with Crippen LogP contribution in [0, 0.1) is 0 Å². The molecule has 0 atom stereocenters. The molecule has 28 heavy (non-hydrogen) atoms. The van der Waals surface area contributed by atoms with Gasteiger partial charge in [-0.15, -0.1) is 0 Å². The number of nitrogens with zero attached hydrogens (tertiary/aromatic N) is 1. The number of benzene rings is 2. The Morgan fingerprint density at radius 1 is 1.18 bits per heavy atom. The number of ether oxygens (including phenoxy) is 2. The number of rotatable bonds is 7. The maximum Gasteiger partial charge on any atom is 0.293 e. The van der Waals surface area contributed by atoms with Gasteiger partial charge in [0.15, 0.2) is 11.5 Å². The maximum absolute atomic E-state index is 12.7. The lowest BCUT2D eigenvalue weighted by Crippen LogP contribution is -2.30. The van der Waals surface area contributed by atoms with Crippen molar-refractivity contribution in [3.63, 3.8) is 0 Å². The fourth-order valence-electron chi connectivity index (χ4n) is 2.86. The van der Waals surface area contributed by atoms with Gasteiger partial charge in [0.2, 0.25) is 0 Å². The number of carbonyl (C=O) groups excluding carboxylic acids is 2. The lowest BCUT2D eigenvalue weighted by Gasteiger charge is -2.13. The van der Waals surface area contributed by atoms with Crippen molar-refractivity contribution in [1.82, 2.24) is 4.90 Å². The van der Waals surface area contributed by atoms with Gasteiger partial charge in [-0.3, -0.25) is 14.5 Å². The van der Waals surface area contributed by atoms with Crippen LogP contribution in [0.4, 0.5) is 4.79 Å². The van der Waals surface area contributed by atoms with Crippen LogP contribution in [-0.4, -0.2) is 36.3 Å². The Morgan fingerprint density at radius 3 is 2.61 bits per heavy atom. The molecule has 0 N–H and O–H groups in total. The molecule has 2 aromatic carbocycles. The van der Waals surface area contributed by atoms with Crippen LogP contribution in [0.2, 0.25) is 0 Å². The molecule has 3 rings (SSSR count). The zero-order valence-electron chi connectivity index (χ0n) is 15.6. The summed E-state index contributed by atoms with van der Waals surface area (Å²) in [6.07, 6.45) is 2.34. The first kappa shape index (κ1) is 20.5. The van der Waals surface area contributed by atoms with E-state index in [-0.39, 0.29) is 11.1 Å². The summed E-state index contributed by atoms with van der Waals surface area (Å²) in [4.78, 5) is 26.7. The minimum Gasteiger partial charge on any atom is -0.492 e. The van der Waals surface area contributed by atoms with Crippen LogP contribution in [0.1, 0.15) is 18.1 Å². The molecule has 1 aliphatic rings. The summed E-state index contributed by atoms with van der Waals surface area (Å²) >= 11 is 4.42. The summed E-state index contributed by atoms with van der Waals surface area (Å²) in [6.45, 7) is 2.74. The highest BCUT2D eigenvalue weighted by Gasteiger charge is 2.34. The van der Waals surface area contributed by atoms with E-state index < -0.39 is 0 Å². The Hall–Kier alpha value is -2.25. The Kier molecular flexibility index (Phi) is 6.80. The van der Waals surface area contributed by atoms with E-state index in [0.29, 0.717) is 36.0 Å². The van der Waals surface area contributed by atoms with E-state index >= 15 is 0 Å². The van der Waals surface area contributed by atoms with E-state index in [9.17, 15) is 9.59 Å². The smallest absolute Gasteiger partial charge is 0.293 e. The first-order valence-electron chi connectivity index (χ1n) is 8.83. The summed E-state index contributed by atoms with van der Waals surface area (Å²) in [5.74, 6) is 0.903. The van der Waals surface area contributed by atoms with E-state index in [2.05, 4.69) is 15.9 Å². The molecule has 0 bridgehead atoms.